The molecule has 2 aromatic rings. The van der Waals surface area contributed by atoms with Crippen molar-refractivity contribution in [3.05, 3.63) is 64.2 Å². The third kappa shape index (κ3) is 6.73. The highest BCUT2D eigenvalue weighted by atomic mass is 16.4. The third-order valence-corrected chi connectivity index (χ3v) is 6.09. The number of rotatable bonds is 13. The lowest BCUT2D eigenvalue weighted by atomic mass is 10.00. The molecule has 0 spiro atoms. The van der Waals surface area contributed by atoms with Crippen molar-refractivity contribution in [2.45, 2.75) is 45.3 Å². The van der Waals surface area contributed by atoms with E-state index in [1.807, 2.05) is 13.0 Å². The summed E-state index contributed by atoms with van der Waals surface area (Å²) in [5, 5.41) is 59.2. The van der Waals surface area contributed by atoms with Gasteiger partial charge in [-0.3, -0.25) is 14.6 Å². The second-order valence-corrected chi connectivity index (χ2v) is 8.16. The van der Waals surface area contributed by atoms with Gasteiger partial charge in [0.25, 0.3) is 0 Å². The van der Waals surface area contributed by atoms with E-state index >= 15 is 0 Å². The van der Waals surface area contributed by atoms with Crippen molar-refractivity contribution in [2.24, 2.45) is 0 Å². The molecule has 9 nitrogen and oxygen atoms in total. The predicted octanol–water partition coefficient (Wildman–Crippen LogP) is 0.426. The van der Waals surface area contributed by atoms with Gasteiger partial charge in [-0.15, -0.1) is 0 Å². The quantitative estimate of drug-likeness (QED) is 0.249. The third-order valence-electron chi connectivity index (χ3n) is 6.09. The number of nitrogens with zero attached hydrogens (tertiary/aromatic N) is 2. The normalized spacial score (nSPS) is 13.5. The molecule has 0 heterocycles. The SMILES string of the molecule is Cc1c(CO)cccc1CN(CC(=O)O)C(CO)C(CO)N(C)Cc1cccc(CO)c1O. The molecule has 0 fully saturated rings. The number of hydrogen-bond acceptors (Lipinski definition) is 8. The number of aromatic hydroxyl groups is 1. The Labute approximate surface area is 193 Å². The van der Waals surface area contributed by atoms with Crippen LogP contribution in [0.5, 0.6) is 5.75 Å². The fourth-order valence-corrected chi connectivity index (χ4v) is 4.08. The minimum atomic E-state index is -1.07. The maximum absolute atomic E-state index is 11.6. The summed E-state index contributed by atoms with van der Waals surface area (Å²) in [5.74, 6) is -1.11. The van der Waals surface area contributed by atoms with Gasteiger partial charge in [0.2, 0.25) is 0 Å². The summed E-state index contributed by atoms with van der Waals surface area (Å²) in [6.07, 6.45) is 0. The van der Waals surface area contributed by atoms with Crippen molar-refractivity contribution in [1.82, 2.24) is 9.80 Å². The summed E-state index contributed by atoms with van der Waals surface area (Å²) < 4.78 is 0. The average Bonchev–Trinajstić information content (AvgIpc) is 2.79. The average molecular weight is 463 g/mol. The molecule has 33 heavy (non-hydrogen) atoms. The molecular formula is C24H34N2O7. The predicted molar refractivity (Wildman–Crippen MR) is 122 cm³/mol. The molecule has 2 rings (SSSR count). The summed E-state index contributed by atoms with van der Waals surface area (Å²) in [6, 6.07) is 9.06. The minimum Gasteiger partial charge on any atom is -0.507 e. The Morgan fingerprint density at radius 1 is 0.848 bits per heavy atom. The summed E-state index contributed by atoms with van der Waals surface area (Å²) in [5.41, 5.74) is 3.31. The summed E-state index contributed by atoms with van der Waals surface area (Å²) in [6.45, 7) is 0.696. The molecule has 0 aromatic heterocycles. The molecule has 6 N–H and O–H groups in total. The van der Waals surface area contributed by atoms with Gasteiger partial charge in [-0.1, -0.05) is 36.4 Å². The van der Waals surface area contributed by atoms with Gasteiger partial charge >= 0.3 is 5.97 Å². The van der Waals surface area contributed by atoms with E-state index in [1.165, 1.54) is 0 Å². The number of aliphatic hydroxyl groups excluding tert-OH is 4. The number of carbonyl (C=O) groups is 1. The monoisotopic (exact) mass is 462 g/mol. The van der Waals surface area contributed by atoms with Gasteiger partial charge in [0, 0.05) is 24.2 Å². The molecular weight excluding hydrogens is 428 g/mol. The fourth-order valence-electron chi connectivity index (χ4n) is 4.08. The topological polar surface area (TPSA) is 145 Å². The van der Waals surface area contributed by atoms with Crippen LogP contribution in [0.2, 0.25) is 0 Å². The van der Waals surface area contributed by atoms with Crippen molar-refractivity contribution in [2.75, 3.05) is 26.8 Å². The Kier molecular flexibility index (Phi) is 10.2. The highest BCUT2D eigenvalue weighted by Crippen LogP contribution is 2.25. The van der Waals surface area contributed by atoms with Crippen LogP contribution in [-0.2, 0) is 31.1 Å². The number of phenols is 1. The van der Waals surface area contributed by atoms with Crippen molar-refractivity contribution < 1.29 is 35.4 Å². The van der Waals surface area contributed by atoms with Crippen LogP contribution in [-0.4, -0.2) is 85.3 Å². The van der Waals surface area contributed by atoms with E-state index in [0.29, 0.717) is 11.1 Å². The van der Waals surface area contributed by atoms with Crippen LogP contribution in [0, 0.1) is 6.92 Å². The lowest BCUT2D eigenvalue weighted by Gasteiger charge is -2.39. The maximum atomic E-state index is 11.6. The number of carboxylic acids is 1. The molecule has 0 saturated heterocycles. The van der Waals surface area contributed by atoms with Crippen molar-refractivity contribution in [3.8, 4) is 5.75 Å². The second kappa shape index (κ2) is 12.6. The summed E-state index contributed by atoms with van der Waals surface area (Å²) in [4.78, 5) is 14.9. The lowest BCUT2D eigenvalue weighted by molar-refractivity contribution is -0.140. The molecule has 0 amide bonds. The highest BCUT2D eigenvalue weighted by molar-refractivity contribution is 5.69. The first-order chi connectivity index (χ1) is 15.8. The molecule has 0 aliphatic heterocycles. The van der Waals surface area contributed by atoms with E-state index in [4.69, 9.17) is 0 Å². The number of hydrogen-bond donors (Lipinski definition) is 6. The first-order valence-corrected chi connectivity index (χ1v) is 10.7. The second-order valence-electron chi connectivity index (χ2n) is 8.16. The molecule has 2 aromatic carbocycles. The molecule has 2 unspecified atom stereocenters. The van der Waals surface area contributed by atoms with E-state index in [9.17, 15) is 35.4 Å². The van der Waals surface area contributed by atoms with Crippen LogP contribution in [0.3, 0.4) is 0 Å². The van der Waals surface area contributed by atoms with Gasteiger partial charge in [0.05, 0.1) is 45.1 Å². The molecule has 0 radical (unpaired) electrons. The Hall–Kier alpha value is -2.53. The van der Waals surface area contributed by atoms with Gasteiger partial charge in [-0.05, 0) is 30.7 Å². The van der Waals surface area contributed by atoms with Crippen LogP contribution >= 0.6 is 0 Å². The van der Waals surface area contributed by atoms with Gasteiger partial charge in [-0.25, -0.2) is 0 Å². The van der Waals surface area contributed by atoms with Crippen LogP contribution in [0.15, 0.2) is 36.4 Å². The molecule has 2 atom stereocenters. The lowest BCUT2D eigenvalue weighted by Crippen LogP contribution is -2.55. The van der Waals surface area contributed by atoms with Crippen LogP contribution in [0.4, 0.5) is 0 Å². The molecule has 0 bridgehead atoms. The van der Waals surface area contributed by atoms with Gasteiger partial charge in [0.15, 0.2) is 0 Å². The number of aliphatic carboxylic acids is 1. The highest BCUT2D eigenvalue weighted by Gasteiger charge is 2.31. The number of para-hydroxylation sites is 1. The largest absolute Gasteiger partial charge is 0.507 e. The zero-order chi connectivity index (χ0) is 24.5. The van der Waals surface area contributed by atoms with Crippen molar-refractivity contribution >= 4 is 5.97 Å². The van der Waals surface area contributed by atoms with Gasteiger partial charge in [0.1, 0.15) is 5.75 Å². The fraction of sp³-hybridized carbons (Fsp3) is 0.458. The number of likely N-dealkylation sites (N-methyl/N-ethyl adjacent to an activating group) is 1. The van der Waals surface area contributed by atoms with Crippen LogP contribution < -0.4 is 0 Å². The van der Waals surface area contributed by atoms with Gasteiger partial charge in [-0.2, -0.15) is 0 Å². The Bertz CT molecular complexity index is 922. The molecule has 182 valence electrons. The van der Waals surface area contributed by atoms with Crippen LogP contribution in [0.1, 0.15) is 27.8 Å². The summed E-state index contributed by atoms with van der Waals surface area (Å²) in [7, 11) is 1.71. The van der Waals surface area contributed by atoms with Gasteiger partial charge < -0.3 is 30.6 Å². The number of aliphatic hydroxyl groups is 4. The zero-order valence-electron chi connectivity index (χ0n) is 19.1. The Balaban J connectivity index is 2.33. The smallest absolute Gasteiger partial charge is 0.317 e. The van der Waals surface area contributed by atoms with E-state index in [0.717, 1.165) is 16.7 Å². The zero-order valence-corrected chi connectivity index (χ0v) is 19.1. The first-order valence-electron chi connectivity index (χ1n) is 10.7. The summed E-state index contributed by atoms with van der Waals surface area (Å²) >= 11 is 0. The van der Waals surface area contributed by atoms with E-state index in [1.54, 1.807) is 47.2 Å². The van der Waals surface area contributed by atoms with E-state index in [-0.39, 0.29) is 45.2 Å². The van der Waals surface area contributed by atoms with Crippen molar-refractivity contribution in [1.29, 1.82) is 0 Å². The molecule has 0 aliphatic rings. The number of benzene rings is 2. The standard InChI is InChI=1S/C24H34N2O7/c1-16-17(5-3-7-19(16)12-27)10-26(11-23(31)32)22(15-30)21(14-29)25(2)9-18-6-4-8-20(13-28)24(18)33/h3-8,21-22,27-30,33H,9-15H2,1-2H3,(H,31,32). The molecule has 0 saturated carbocycles. The first kappa shape index (κ1) is 26.7. The number of carboxylic acid groups (broad SMARTS) is 1. The Morgan fingerprint density at radius 3 is 1.94 bits per heavy atom. The van der Waals surface area contributed by atoms with Crippen LogP contribution in [0.25, 0.3) is 0 Å². The minimum absolute atomic E-state index is 0.0390. The van der Waals surface area contributed by atoms with E-state index in [2.05, 4.69) is 0 Å². The maximum Gasteiger partial charge on any atom is 0.317 e. The molecule has 0 aliphatic carbocycles. The Morgan fingerprint density at radius 2 is 1.39 bits per heavy atom. The molecule has 9 heteroatoms. The van der Waals surface area contributed by atoms with Crippen molar-refractivity contribution in [3.63, 3.8) is 0 Å². The van der Waals surface area contributed by atoms with E-state index < -0.39 is 24.7 Å².